The van der Waals surface area contributed by atoms with E-state index >= 15 is 0 Å². The van der Waals surface area contributed by atoms with Gasteiger partial charge in [0, 0.05) is 6.08 Å². The molecule has 11 heteroatoms. The molecule has 0 bridgehead atoms. The number of methoxy groups -OCH3 is 4. The number of benzene rings is 1. The number of carbonyl (C=O) groups is 3. The topological polar surface area (TPSA) is 113 Å². The van der Waals surface area contributed by atoms with Crippen LogP contribution < -0.4 is 14.2 Å². The summed E-state index contributed by atoms with van der Waals surface area (Å²) >= 11 is 0.977. The Bertz CT molecular complexity index is 1070. The van der Waals surface area contributed by atoms with E-state index in [-0.39, 0.29) is 22.3 Å². The van der Waals surface area contributed by atoms with Gasteiger partial charge in [0.15, 0.2) is 16.7 Å². The zero-order valence-corrected chi connectivity index (χ0v) is 19.9. The largest absolute Gasteiger partial charge is 0.493 e. The Morgan fingerprint density at radius 1 is 1.06 bits per heavy atom. The lowest BCUT2D eigenvalue weighted by Gasteiger charge is -2.38. The van der Waals surface area contributed by atoms with E-state index in [2.05, 4.69) is 4.99 Å². The highest BCUT2D eigenvalue weighted by atomic mass is 32.2. The Hall–Kier alpha value is -3.47. The molecular formula is C22H24N2O8S. The van der Waals surface area contributed by atoms with Gasteiger partial charge in [-0.25, -0.2) is 14.6 Å². The van der Waals surface area contributed by atoms with Crippen molar-refractivity contribution in [2.75, 3.05) is 35.0 Å². The molecule has 0 spiro atoms. The summed E-state index contributed by atoms with van der Waals surface area (Å²) in [5.41, 5.74) is 1.03. The highest BCUT2D eigenvalue weighted by Crippen LogP contribution is 2.46. The van der Waals surface area contributed by atoms with E-state index in [4.69, 9.17) is 23.7 Å². The number of hydrogen-bond acceptors (Lipinski definition) is 10. The second-order valence-corrected chi connectivity index (χ2v) is 7.79. The number of hydrogen-bond donors (Lipinski definition) is 0. The molecule has 3 rings (SSSR count). The Balaban J connectivity index is 2.25. The molecule has 2 aliphatic heterocycles. The molecule has 0 radical (unpaired) electrons. The minimum absolute atomic E-state index is 0.0912. The lowest BCUT2D eigenvalue weighted by Crippen LogP contribution is -2.44. The summed E-state index contributed by atoms with van der Waals surface area (Å²) in [5.74, 6) is -0.755. The van der Waals surface area contributed by atoms with Crippen molar-refractivity contribution < 1.29 is 38.1 Å². The quantitative estimate of drug-likeness (QED) is 0.548. The van der Waals surface area contributed by atoms with Crippen molar-refractivity contribution in [1.29, 1.82) is 0 Å². The highest BCUT2D eigenvalue weighted by Gasteiger charge is 2.43. The molecule has 33 heavy (non-hydrogen) atoms. The standard InChI is InChI=1S/C22H24N2O8S/c1-7-32-21(27)17-11(2)23-22-24(16(25)10-15(33-22)20(26)31-6)18(17)12-8-13(28-3)19(30-5)14(9-12)29-4/h8-10,18H,7H2,1-6H3/t18-/m1/s1. The maximum absolute atomic E-state index is 13.2. The number of nitrogens with zero attached hydrogens (tertiary/aromatic N) is 2. The van der Waals surface area contributed by atoms with Crippen LogP contribution in [0.1, 0.15) is 25.5 Å². The van der Waals surface area contributed by atoms with Gasteiger partial charge in [-0.05, 0) is 43.3 Å². The summed E-state index contributed by atoms with van der Waals surface area (Å²) in [6, 6.07) is 2.39. The summed E-state index contributed by atoms with van der Waals surface area (Å²) in [7, 11) is 5.64. The molecule has 0 N–H and O–H groups in total. The Morgan fingerprint density at radius 3 is 2.21 bits per heavy atom. The summed E-state index contributed by atoms with van der Waals surface area (Å²) in [4.78, 5) is 44.0. The molecule has 176 valence electrons. The van der Waals surface area contributed by atoms with Crippen LogP contribution in [0.5, 0.6) is 17.2 Å². The minimum Gasteiger partial charge on any atom is -0.493 e. The number of amidine groups is 1. The van der Waals surface area contributed by atoms with Gasteiger partial charge >= 0.3 is 11.9 Å². The van der Waals surface area contributed by atoms with Crippen LogP contribution in [0, 0.1) is 0 Å². The predicted octanol–water partition coefficient (Wildman–Crippen LogP) is 2.59. The van der Waals surface area contributed by atoms with Crippen LogP contribution in [-0.4, -0.2) is 63.0 Å². The molecule has 0 saturated carbocycles. The van der Waals surface area contributed by atoms with E-state index < -0.39 is 23.9 Å². The molecular weight excluding hydrogens is 452 g/mol. The van der Waals surface area contributed by atoms with E-state index in [0.29, 0.717) is 28.5 Å². The number of aliphatic imine (C=N–C) groups is 1. The highest BCUT2D eigenvalue weighted by molar-refractivity contribution is 8.18. The van der Waals surface area contributed by atoms with E-state index in [0.717, 1.165) is 17.8 Å². The number of ether oxygens (including phenoxy) is 5. The predicted molar refractivity (Wildman–Crippen MR) is 120 cm³/mol. The lowest BCUT2D eigenvalue weighted by atomic mass is 9.93. The normalized spacial score (nSPS) is 17.6. The van der Waals surface area contributed by atoms with Crippen molar-refractivity contribution in [1.82, 2.24) is 4.90 Å². The van der Waals surface area contributed by atoms with Gasteiger partial charge in [0.25, 0.3) is 5.91 Å². The maximum Gasteiger partial charge on any atom is 0.345 e. The third kappa shape index (κ3) is 4.40. The van der Waals surface area contributed by atoms with Crippen LogP contribution in [-0.2, 0) is 23.9 Å². The molecule has 10 nitrogen and oxygen atoms in total. The third-order valence-electron chi connectivity index (χ3n) is 4.97. The van der Waals surface area contributed by atoms with Gasteiger partial charge in [-0.2, -0.15) is 0 Å². The first-order valence-electron chi connectivity index (χ1n) is 9.88. The summed E-state index contributed by atoms with van der Waals surface area (Å²) in [6.45, 7) is 3.47. The molecule has 0 aromatic heterocycles. The fourth-order valence-electron chi connectivity index (χ4n) is 3.54. The number of thioether (sulfide) groups is 1. The molecule has 1 aromatic rings. The Labute approximate surface area is 195 Å². The van der Waals surface area contributed by atoms with Gasteiger partial charge in [-0.1, -0.05) is 0 Å². The van der Waals surface area contributed by atoms with Crippen molar-refractivity contribution in [3.05, 3.63) is 39.9 Å². The van der Waals surface area contributed by atoms with Gasteiger partial charge in [0.2, 0.25) is 5.75 Å². The lowest BCUT2D eigenvalue weighted by molar-refractivity contribution is -0.140. The zero-order valence-electron chi connectivity index (χ0n) is 19.1. The number of esters is 2. The Morgan fingerprint density at radius 2 is 1.70 bits per heavy atom. The number of allylic oxidation sites excluding steroid dienone is 1. The summed E-state index contributed by atoms with van der Waals surface area (Å²) in [5, 5.41) is 0.229. The molecule has 0 saturated heterocycles. The van der Waals surface area contributed by atoms with Crippen molar-refractivity contribution in [2.24, 2.45) is 4.99 Å². The third-order valence-corrected chi connectivity index (χ3v) is 5.94. The van der Waals surface area contributed by atoms with Gasteiger partial charge in [-0.3, -0.25) is 9.69 Å². The molecule has 1 atom stereocenters. The SMILES string of the molecule is CCOC(=O)C1=C(C)N=C2SC(C(=O)OC)=CC(=O)N2[C@@H]1c1cc(OC)c(OC)c(OC)c1. The first-order chi connectivity index (χ1) is 15.8. The van der Waals surface area contributed by atoms with Gasteiger partial charge < -0.3 is 23.7 Å². The van der Waals surface area contributed by atoms with Gasteiger partial charge in [0.1, 0.15) is 4.91 Å². The van der Waals surface area contributed by atoms with Crippen molar-refractivity contribution >= 4 is 34.8 Å². The van der Waals surface area contributed by atoms with Crippen molar-refractivity contribution in [3.8, 4) is 17.2 Å². The van der Waals surface area contributed by atoms with Gasteiger partial charge in [0.05, 0.1) is 52.4 Å². The monoisotopic (exact) mass is 476 g/mol. The maximum atomic E-state index is 13.2. The summed E-state index contributed by atoms with van der Waals surface area (Å²) < 4.78 is 26.3. The molecule has 0 fully saturated rings. The average Bonchev–Trinajstić information content (AvgIpc) is 2.81. The van der Waals surface area contributed by atoms with Crippen molar-refractivity contribution in [3.63, 3.8) is 0 Å². The molecule has 1 aromatic carbocycles. The van der Waals surface area contributed by atoms with E-state index in [9.17, 15) is 14.4 Å². The van der Waals surface area contributed by atoms with Crippen molar-refractivity contribution in [2.45, 2.75) is 19.9 Å². The molecule has 2 heterocycles. The zero-order chi connectivity index (χ0) is 24.3. The van der Waals surface area contributed by atoms with Crippen LogP contribution in [0.4, 0.5) is 0 Å². The van der Waals surface area contributed by atoms with Crippen LogP contribution in [0.25, 0.3) is 0 Å². The minimum atomic E-state index is -0.916. The summed E-state index contributed by atoms with van der Waals surface area (Å²) in [6.07, 6.45) is 1.16. The number of fused-ring (bicyclic) bond motifs is 1. The van der Waals surface area contributed by atoms with E-state index in [1.165, 1.54) is 33.3 Å². The molecule has 1 amide bonds. The number of amides is 1. The van der Waals surface area contributed by atoms with E-state index in [1.54, 1.807) is 26.0 Å². The van der Waals surface area contributed by atoms with Gasteiger partial charge in [-0.15, -0.1) is 0 Å². The number of carbonyl (C=O) groups excluding carboxylic acids is 3. The van der Waals surface area contributed by atoms with Crippen LogP contribution >= 0.6 is 11.8 Å². The first-order valence-corrected chi connectivity index (χ1v) is 10.7. The second-order valence-electron chi connectivity index (χ2n) is 6.79. The fraction of sp³-hybridized carbons (Fsp3) is 0.364. The second kappa shape index (κ2) is 9.99. The van der Waals surface area contributed by atoms with E-state index in [1.807, 2.05) is 0 Å². The van der Waals surface area contributed by atoms with Crippen LogP contribution in [0.2, 0.25) is 0 Å². The molecule has 0 aliphatic carbocycles. The molecule has 2 aliphatic rings. The average molecular weight is 477 g/mol. The van der Waals surface area contributed by atoms with Crippen LogP contribution in [0.3, 0.4) is 0 Å². The fourth-order valence-corrected chi connectivity index (χ4v) is 4.54. The Kier molecular flexibility index (Phi) is 7.32. The smallest absolute Gasteiger partial charge is 0.345 e. The number of rotatable bonds is 7. The van der Waals surface area contributed by atoms with Crippen LogP contribution in [0.15, 0.2) is 39.4 Å². The first kappa shape index (κ1) is 24.2. The molecule has 0 unspecified atom stereocenters.